The van der Waals surface area contributed by atoms with Crippen LogP contribution in [0.5, 0.6) is 0 Å². The fourth-order valence-corrected chi connectivity index (χ4v) is 3.27. The van der Waals surface area contributed by atoms with Crippen LogP contribution in [0.3, 0.4) is 0 Å². The van der Waals surface area contributed by atoms with Crippen LogP contribution in [0.4, 0.5) is 0 Å². The summed E-state index contributed by atoms with van der Waals surface area (Å²) in [5.74, 6) is 0.944. The second kappa shape index (κ2) is 5.00. The van der Waals surface area contributed by atoms with Gasteiger partial charge in [0.1, 0.15) is 5.01 Å². The Kier molecular flexibility index (Phi) is 4.18. The summed E-state index contributed by atoms with van der Waals surface area (Å²) in [4.78, 5) is 5.77. The summed E-state index contributed by atoms with van der Waals surface area (Å²) in [7, 11) is 0. The van der Waals surface area contributed by atoms with E-state index >= 15 is 0 Å². The van der Waals surface area contributed by atoms with Gasteiger partial charge in [0.25, 0.3) is 0 Å². The molecule has 1 rings (SSSR count). The van der Waals surface area contributed by atoms with E-state index in [0.29, 0.717) is 6.42 Å². The van der Waals surface area contributed by atoms with Gasteiger partial charge in [-0.3, -0.25) is 0 Å². The quantitative estimate of drug-likeness (QED) is 0.813. The highest BCUT2D eigenvalue weighted by atomic mass is 32.2. The van der Waals surface area contributed by atoms with Crippen LogP contribution in [0, 0.1) is 11.3 Å². The van der Waals surface area contributed by atoms with Gasteiger partial charge in [-0.05, 0) is 6.26 Å². The molecule has 1 heterocycles. The average molecular weight is 240 g/mol. The van der Waals surface area contributed by atoms with Gasteiger partial charge in [-0.1, -0.05) is 20.8 Å². The number of thioether (sulfide) groups is 1. The summed E-state index contributed by atoms with van der Waals surface area (Å²) in [5.41, 5.74) is 1.14. The number of nitriles is 1. The van der Waals surface area contributed by atoms with Gasteiger partial charge in [0.15, 0.2) is 0 Å². The predicted molar refractivity (Wildman–Crippen MR) is 67.4 cm³/mol. The molecule has 0 aromatic carbocycles. The Balaban J connectivity index is 3.07. The number of nitrogens with zero attached hydrogens (tertiary/aromatic N) is 2. The molecule has 0 radical (unpaired) electrons. The van der Waals surface area contributed by atoms with Crippen molar-refractivity contribution < 1.29 is 0 Å². The summed E-state index contributed by atoms with van der Waals surface area (Å²) >= 11 is 3.45. The Bertz CT molecular complexity index is 369. The first-order valence-corrected chi connectivity index (χ1v) is 7.05. The van der Waals surface area contributed by atoms with Crippen LogP contribution in [0.15, 0.2) is 0 Å². The maximum Gasteiger partial charge on any atom is 0.103 e. The van der Waals surface area contributed by atoms with E-state index in [1.165, 1.54) is 0 Å². The molecule has 0 aliphatic rings. The maximum absolute atomic E-state index is 8.77. The zero-order valence-electron chi connectivity index (χ0n) is 9.63. The van der Waals surface area contributed by atoms with Gasteiger partial charge >= 0.3 is 0 Å². The van der Waals surface area contributed by atoms with Crippen molar-refractivity contribution in [2.75, 3.05) is 6.26 Å². The van der Waals surface area contributed by atoms with Crippen molar-refractivity contribution in [2.24, 2.45) is 0 Å². The number of rotatable bonds is 3. The first-order valence-electron chi connectivity index (χ1n) is 4.84. The highest BCUT2D eigenvalue weighted by Gasteiger charge is 2.22. The Morgan fingerprint density at radius 2 is 2.13 bits per heavy atom. The standard InChI is InChI=1S/C11H16N2S2/c1-11(2,3)10-8(5-6-12)15-9(13-10)7-14-4/h5,7H2,1-4H3. The van der Waals surface area contributed by atoms with Crippen molar-refractivity contribution >= 4 is 23.1 Å². The normalized spacial score (nSPS) is 11.4. The SMILES string of the molecule is CSCc1nc(C(C)(C)C)c(CC#N)s1. The third kappa shape index (κ3) is 3.22. The molecule has 0 saturated heterocycles. The van der Waals surface area contributed by atoms with Crippen LogP contribution in [-0.4, -0.2) is 11.2 Å². The van der Waals surface area contributed by atoms with Gasteiger partial charge in [0.05, 0.1) is 18.2 Å². The molecule has 0 amide bonds. The molecular formula is C11H16N2S2. The van der Waals surface area contributed by atoms with E-state index in [-0.39, 0.29) is 5.41 Å². The minimum atomic E-state index is 0.0410. The lowest BCUT2D eigenvalue weighted by Crippen LogP contribution is -2.14. The largest absolute Gasteiger partial charge is 0.244 e. The summed E-state index contributed by atoms with van der Waals surface area (Å²) in [6, 6.07) is 2.22. The van der Waals surface area contributed by atoms with Crippen molar-refractivity contribution in [1.82, 2.24) is 4.98 Å². The van der Waals surface area contributed by atoms with Gasteiger partial charge in [0.2, 0.25) is 0 Å². The van der Waals surface area contributed by atoms with Crippen LogP contribution in [0.2, 0.25) is 0 Å². The molecule has 1 aromatic rings. The van der Waals surface area contributed by atoms with Crippen molar-refractivity contribution in [3.8, 4) is 6.07 Å². The van der Waals surface area contributed by atoms with Gasteiger partial charge in [-0.25, -0.2) is 4.98 Å². The van der Waals surface area contributed by atoms with Crippen LogP contribution in [0.1, 0.15) is 36.3 Å². The van der Waals surface area contributed by atoms with Crippen molar-refractivity contribution in [3.05, 3.63) is 15.6 Å². The van der Waals surface area contributed by atoms with E-state index in [9.17, 15) is 0 Å². The van der Waals surface area contributed by atoms with E-state index in [1.54, 1.807) is 23.1 Å². The zero-order chi connectivity index (χ0) is 11.5. The van der Waals surface area contributed by atoms with E-state index in [2.05, 4.69) is 38.1 Å². The zero-order valence-corrected chi connectivity index (χ0v) is 11.3. The Morgan fingerprint density at radius 3 is 2.60 bits per heavy atom. The van der Waals surface area contributed by atoms with Crippen LogP contribution >= 0.6 is 23.1 Å². The molecule has 0 aliphatic carbocycles. The van der Waals surface area contributed by atoms with E-state index < -0.39 is 0 Å². The Hall–Kier alpha value is -0.530. The highest BCUT2D eigenvalue weighted by molar-refractivity contribution is 7.97. The molecule has 0 N–H and O–H groups in total. The average Bonchev–Trinajstić information content (AvgIpc) is 2.49. The van der Waals surface area contributed by atoms with Crippen molar-refractivity contribution in [3.63, 3.8) is 0 Å². The third-order valence-corrected chi connectivity index (χ3v) is 3.76. The molecule has 0 spiro atoms. The maximum atomic E-state index is 8.77. The fourth-order valence-electron chi connectivity index (χ4n) is 1.36. The number of hydrogen-bond donors (Lipinski definition) is 0. The van der Waals surface area contributed by atoms with Crippen molar-refractivity contribution in [2.45, 2.75) is 38.4 Å². The summed E-state index contributed by atoms with van der Waals surface area (Å²) in [6.07, 6.45) is 2.56. The Morgan fingerprint density at radius 1 is 1.47 bits per heavy atom. The second-order valence-corrected chi connectivity index (χ2v) is 6.43. The molecule has 0 unspecified atom stereocenters. The first-order chi connectivity index (χ1) is 6.99. The van der Waals surface area contributed by atoms with Crippen molar-refractivity contribution in [1.29, 1.82) is 5.26 Å². The molecule has 15 heavy (non-hydrogen) atoms. The molecule has 0 saturated carbocycles. The lowest BCUT2D eigenvalue weighted by atomic mass is 9.91. The van der Waals surface area contributed by atoms with E-state index in [4.69, 9.17) is 5.26 Å². The predicted octanol–water partition coefficient (Wildman–Crippen LogP) is 3.37. The van der Waals surface area contributed by atoms with Crippen LogP contribution in [0.25, 0.3) is 0 Å². The molecule has 0 bridgehead atoms. The minimum absolute atomic E-state index is 0.0410. The summed E-state index contributed by atoms with van der Waals surface area (Å²) in [5, 5.41) is 9.91. The molecular weight excluding hydrogens is 224 g/mol. The number of thiazole rings is 1. The molecule has 2 nitrogen and oxygen atoms in total. The monoisotopic (exact) mass is 240 g/mol. The summed E-state index contributed by atoms with van der Waals surface area (Å²) < 4.78 is 0. The van der Waals surface area contributed by atoms with Crippen LogP contribution in [-0.2, 0) is 17.6 Å². The molecule has 0 aliphatic heterocycles. The number of aromatic nitrogens is 1. The third-order valence-electron chi connectivity index (χ3n) is 1.96. The number of hydrogen-bond acceptors (Lipinski definition) is 4. The van der Waals surface area contributed by atoms with Gasteiger partial charge in [-0.2, -0.15) is 17.0 Å². The summed E-state index contributed by atoms with van der Waals surface area (Å²) in [6.45, 7) is 6.43. The molecule has 0 fully saturated rings. The Labute approximate surface area is 99.7 Å². The lowest BCUT2D eigenvalue weighted by Gasteiger charge is -2.16. The molecule has 1 aromatic heterocycles. The second-order valence-electron chi connectivity index (χ2n) is 4.40. The first kappa shape index (κ1) is 12.5. The van der Waals surface area contributed by atoms with Gasteiger partial charge < -0.3 is 0 Å². The fraction of sp³-hybridized carbons (Fsp3) is 0.636. The molecule has 82 valence electrons. The van der Waals surface area contributed by atoms with E-state index in [0.717, 1.165) is 21.3 Å². The molecule has 4 heteroatoms. The topological polar surface area (TPSA) is 36.7 Å². The van der Waals surface area contributed by atoms with Gasteiger partial charge in [0, 0.05) is 16.0 Å². The highest BCUT2D eigenvalue weighted by Crippen LogP contribution is 2.31. The lowest BCUT2D eigenvalue weighted by molar-refractivity contribution is 0.567. The smallest absolute Gasteiger partial charge is 0.103 e. The minimum Gasteiger partial charge on any atom is -0.244 e. The van der Waals surface area contributed by atoms with Crippen LogP contribution < -0.4 is 0 Å². The van der Waals surface area contributed by atoms with E-state index in [1.807, 2.05) is 0 Å². The molecule has 0 atom stereocenters. The van der Waals surface area contributed by atoms with Gasteiger partial charge in [-0.15, -0.1) is 11.3 Å².